The zero-order valence-corrected chi connectivity index (χ0v) is 13.0. The molecule has 1 amide bonds. The molecule has 1 aliphatic rings. The first-order chi connectivity index (χ1) is 11.8. The number of carbonyl (C=O) groups is 1. The van der Waals surface area contributed by atoms with Crippen LogP contribution in [0, 0.1) is 0 Å². The van der Waals surface area contributed by atoms with Gasteiger partial charge in [-0.25, -0.2) is 9.67 Å². The van der Waals surface area contributed by atoms with Crippen LogP contribution in [0.4, 0.5) is 5.69 Å². The largest absolute Gasteiger partial charge is 0.493 e. The van der Waals surface area contributed by atoms with Crippen LogP contribution < -0.4 is 10.1 Å². The fraction of sp³-hybridized carbons (Fsp3) is 0.167. The summed E-state index contributed by atoms with van der Waals surface area (Å²) in [6, 6.07) is 13.3. The summed E-state index contributed by atoms with van der Waals surface area (Å²) in [5.74, 6) is 0.762. The summed E-state index contributed by atoms with van der Waals surface area (Å²) in [5, 5.41) is 7.00. The molecule has 24 heavy (non-hydrogen) atoms. The highest BCUT2D eigenvalue weighted by Gasteiger charge is 2.15. The molecule has 0 radical (unpaired) electrons. The van der Waals surface area contributed by atoms with Crippen molar-refractivity contribution in [2.45, 2.75) is 13.0 Å². The summed E-state index contributed by atoms with van der Waals surface area (Å²) in [6.45, 7) is 1.34. The number of hydrogen-bond acceptors (Lipinski definition) is 4. The number of aromatic nitrogens is 3. The topological polar surface area (TPSA) is 69.0 Å². The van der Waals surface area contributed by atoms with E-state index in [4.69, 9.17) is 4.74 Å². The Balaban J connectivity index is 1.44. The molecular formula is C18H16N4O2. The number of fused-ring (bicyclic) bond motifs is 1. The maximum atomic E-state index is 12.4. The molecule has 120 valence electrons. The number of anilines is 1. The van der Waals surface area contributed by atoms with Gasteiger partial charge in [0.05, 0.1) is 13.2 Å². The summed E-state index contributed by atoms with van der Waals surface area (Å²) in [7, 11) is 0. The number of benzene rings is 2. The second-order valence-corrected chi connectivity index (χ2v) is 5.67. The maximum absolute atomic E-state index is 12.4. The van der Waals surface area contributed by atoms with Gasteiger partial charge in [0, 0.05) is 17.7 Å². The van der Waals surface area contributed by atoms with Gasteiger partial charge in [-0.3, -0.25) is 4.79 Å². The molecular weight excluding hydrogens is 304 g/mol. The standard InChI is InChI=1S/C18H16N4O2/c23-18(15-3-6-17-14(9-15)7-8-24-17)21-16-4-1-13(2-5-16)10-22-12-19-11-20-22/h1-6,9,11-12H,7-8,10H2,(H,21,23). The summed E-state index contributed by atoms with van der Waals surface area (Å²) in [6.07, 6.45) is 4.04. The fourth-order valence-corrected chi connectivity index (χ4v) is 2.73. The SMILES string of the molecule is O=C(Nc1ccc(Cn2cncn2)cc1)c1ccc2c(c1)CCO2. The van der Waals surface area contributed by atoms with Crippen molar-refractivity contribution < 1.29 is 9.53 Å². The predicted molar refractivity (Wildman–Crippen MR) is 89.2 cm³/mol. The predicted octanol–water partition coefficient (Wildman–Crippen LogP) is 2.51. The van der Waals surface area contributed by atoms with E-state index in [1.165, 1.54) is 6.33 Å². The Morgan fingerprint density at radius 3 is 2.88 bits per heavy atom. The molecule has 6 heteroatoms. The number of ether oxygens (including phenoxy) is 1. The third-order valence-corrected chi connectivity index (χ3v) is 3.97. The van der Waals surface area contributed by atoms with Gasteiger partial charge < -0.3 is 10.1 Å². The Kier molecular flexibility index (Phi) is 3.70. The van der Waals surface area contributed by atoms with Gasteiger partial charge in [-0.2, -0.15) is 5.10 Å². The maximum Gasteiger partial charge on any atom is 0.255 e. The van der Waals surface area contributed by atoms with E-state index in [9.17, 15) is 4.79 Å². The Bertz CT molecular complexity index is 857. The first-order valence-electron chi connectivity index (χ1n) is 7.76. The van der Waals surface area contributed by atoms with Gasteiger partial charge in [0.25, 0.3) is 5.91 Å². The van der Waals surface area contributed by atoms with Crippen molar-refractivity contribution in [3.8, 4) is 5.75 Å². The molecule has 0 bridgehead atoms. The van der Waals surface area contributed by atoms with E-state index in [-0.39, 0.29) is 5.91 Å². The van der Waals surface area contributed by atoms with E-state index in [0.717, 1.165) is 29.0 Å². The van der Waals surface area contributed by atoms with Gasteiger partial charge in [-0.15, -0.1) is 0 Å². The van der Waals surface area contributed by atoms with Gasteiger partial charge in [-0.05, 0) is 41.5 Å². The molecule has 0 saturated heterocycles. The molecule has 0 fully saturated rings. The van der Waals surface area contributed by atoms with Crippen LogP contribution >= 0.6 is 0 Å². The monoisotopic (exact) mass is 320 g/mol. The summed E-state index contributed by atoms with van der Waals surface area (Å²) < 4.78 is 7.21. The highest BCUT2D eigenvalue weighted by Crippen LogP contribution is 2.26. The third-order valence-electron chi connectivity index (χ3n) is 3.97. The van der Waals surface area contributed by atoms with Gasteiger partial charge in [0.1, 0.15) is 18.4 Å². The first-order valence-corrected chi connectivity index (χ1v) is 7.76. The van der Waals surface area contributed by atoms with Crippen molar-refractivity contribution in [3.05, 3.63) is 71.8 Å². The van der Waals surface area contributed by atoms with E-state index in [2.05, 4.69) is 15.4 Å². The van der Waals surface area contributed by atoms with Gasteiger partial charge in [0.15, 0.2) is 0 Å². The van der Waals surface area contributed by atoms with Crippen molar-refractivity contribution in [1.29, 1.82) is 0 Å². The Hall–Kier alpha value is -3.15. The molecule has 2 heterocycles. The molecule has 3 aromatic rings. The molecule has 0 aliphatic carbocycles. The smallest absolute Gasteiger partial charge is 0.255 e. The Morgan fingerprint density at radius 1 is 1.21 bits per heavy atom. The van der Waals surface area contributed by atoms with Crippen LogP contribution in [0.1, 0.15) is 21.5 Å². The minimum Gasteiger partial charge on any atom is -0.493 e. The molecule has 6 nitrogen and oxygen atoms in total. The molecule has 2 aromatic carbocycles. The zero-order chi connectivity index (χ0) is 16.4. The second kappa shape index (κ2) is 6.16. The van der Waals surface area contributed by atoms with Crippen LogP contribution in [0.25, 0.3) is 0 Å². The highest BCUT2D eigenvalue weighted by molar-refractivity contribution is 6.04. The van der Waals surface area contributed by atoms with Crippen molar-refractivity contribution >= 4 is 11.6 Å². The molecule has 1 aromatic heterocycles. The van der Waals surface area contributed by atoms with Crippen molar-refractivity contribution in [1.82, 2.24) is 14.8 Å². The first kappa shape index (κ1) is 14.4. The molecule has 0 unspecified atom stereocenters. The number of nitrogens with one attached hydrogen (secondary N) is 1. The lowest BCUT2D eigenvalue weighted by Crippen LogP contribution is -2.12. The molecule has 4 rings (SSSR count). The lowest BCUT2D eigenvalue weighted by molar-refractivity contribution is 0.102. The van der Waals surface area contributed by atoms with Crippen molar-refractivity contribution in [2.75, 3.05) is 11.9 Å². The van der Waals surface area contributed by atoms with E-state index in [0.29, 0.717) is 18.7 Å². The van der Waals surface area contributed by atoms with Crippen LogP contribution in [0.2, 0.25) is 0 Å². The average molecular weight is 320 g/mol. The lowest BCUT2D eigenvalue weighted by atomic mass is 10.1. The molecule has 0 atom stereocenters. The number of hydrogen-bond donors (Lipinski definition) is 1. The molecule has 1 aliphatic heterocycles. The minimum atomic E-state index is -0.117. The summed E-state index contributed by atoms with van der Waals surface area (Å²) in [5.41, 5.74) is 3.59. The van der Waals surface area contributed by atoms with E-state index < -0.39 is 0 Å². The molecule has 0 spiro atoms. The lowest BCUT2D eigenvalue weighted by Gasteiger charge is -2.08. The number of rotatable bonds is 4. The van der Waals surface area contributed by atoms with Gasteiger partial charge in [-0.1, -0.05) is 12.1 Å². The zero-order valence-electron chi connectivity index (χ0n) is 13.0. The minimum absolute atomic E-state index is 0.117. The third kappa shape index (κ3) is 2.99. The molecule has 0 saturated carbocycles. The summed E-state index contributed by atoms with van der Waals surface area (Å²) >= 11 is 0. The normalized spacial score (nSPS) is 12.5. The number of carbonyl (C=O) groups excluding carboxylic acids is 1. The van der Waals surface area contributed by atoms with Gasteiger partial charge >= 0.3 is 0 Å². The van der Waals surface area contributed by atoms with E-state index >= 15 is 0 Å². The van der Waals surface area contributed by atoms with Gasteiger partial charge in [0.2, 0.25) is 0 Å². The fourth-order valence-electron chi connectivity index (χ4n) is 2.73. The van der Waals surface area contributed by atoms with E-state index in [1.54, 1.807) is 17.1 Å². The van der Waals surface area contributed by atoms with Crippen LogP contribution in [0.3, 0.4) is 0 Å². The second-order valence-electron chi connectivity index (χ2n) is 5.67. The van der Waals surface area contributed by atoms with Crippen molar-refractivity contribution in [2.24, 2.45) is 0 Å². The average Bonchev–Trinajstić information content (AvgIpc) is 3.27. The van der Waals surface area contributed by atoms with Crippen LogP contribution in [0.15, 0.2) is 55.1 Å². The Labute approximate surface area is 139 Å². The number of amides is 1. The van der Waals surface area contributed by atoms with E-state index in [1.807, 2.05) is 36.4 Å². The quantitative estimate of drug-likeness (QED) is 0.802. The van der Waals surface area contributed by atoms with Crippen molar-refractivity contribution in [3.63, 3.8) is 0 Å². The van der Waals surface area contributed by atoms with Crippen LogP contribution in [0.5, 0.6) is 5.75 Å². The summed E-state index contributed by atoms with van der Waals surface area (Å²) in [4.78, 5) is 16.3. The highest BCUT2D eigenvalue weighted by atomic mass is 16.5. The number of nitrogens with zero attached hydrogens (tertiary/aromatic N) is 3. The van der Waals surface area contributed by atoms with Crippen LogP contribution in [-0.2, 0) is 13.0 Å². The molecule has 1 N–H and O–H groups in total. The Morgan fingerprint density at radius 2 is 2.08 bits per heavy atom. The van der Waals surface area contributed by atoms with Crippen LogP contribution in [-0.4, -0.2) is 27.3 Å².